The molecule has 0 amide bonds. The number of carbonyl (C=O) groups is 1. The lowest BCUT2D eigenvalue weighted by Crippen LogP contribution is -1.98. The molecule has 0 radical (unpaired) electrons. The highest BCUT2D eigenvalue weighted by Gasteiger charge is 2.13. The molecule has 0 atom stereocenters. The number of aromatic amines is 1. The van der Waals surface area contributed by atoms with Gasteiger partial charge in [0.25, 0.3) is 0 Å². The van der Waals surface area contributed by atoms with E-state index in [0.29, 0.717) is 36.1 Å². The minimum atomic E-state index is -0.967. The summed E-state index contributed by atoms with van der Waals surface area (Å²) in [4.78, 5) is 18.5. The SMILES string of the molecule is CCOc1ccc(-c2nc(-c3cc(C(=O)O)c[nH]3)cs2)cc1OCC. The predicted molar refractivity (Wildman–Crippen MR) is 96.6 cm³/mol. The van der Waals surface area contributed by atoms with E-state index < -0.39 is 5.97 Å². The second kappa shape index (κ2) is 7.40. The molecule has 2 aromatic heterocycles. The highest BCUT2D eigenvalue weighted by Crippen LogP contribution is 2.35. The van der Waals surface area contributed by atoms with Gasteiger partial charge in [-0.25, -0.2) is 9.78 Å². The number of carboxylic acid groups (broad SMARTS) is 1. The van der Waals surface area contributed by atoms with Gasteiger partial charge < -0.3 is 19.6 Å². The fourth-order valence-electron chi connectivity index (χ4n) is 2.38. The number of nitrogens with zero attached hydrogens (tertiary/aromatic N) is 1. The van der Waals surface area contributed by atoms with Crippen molar-refractivity contribution in [3.8, 4) is 33.5 Å². The quantitative estimate of drug-likeness (QED) is 0.658. The van der Waals surface area contributed by atoms with Crippen LogP contribution in [0.1, 0.15) is 24.2 Å². The van der Waals surface area contributed by atoms with E-state index in [9.17, 15) is 4.79 Å². The van der Waals surface area contributed by atoms with Gasteiger partial charge in [0.05, 0.1) is 30.2 Å². The van der Waals surface area contributed by atoms with Crippen molar-refractivity contribution in [3.05, 3.63) is 41.4 Å². The Kier molecular flexibility index (Phi) is 5.04. The first-order chi connectivity index (χ1) is 12.1. The molecule has 3 aromatic rings. The fraction of sp³-hybridized carbons (Fsp3) is 0.222. The lowest BCUT2D eigenvalue weighted by molar-refractivity contribution is 0.0697. The highest BCUT2D eigenvalue weighted by molar-refractivity contribution is 7.13. The second-order valence-corrected chi connectivity index (χ2v) is 6.03. The molecule has 2 heterocycles. The Bertz CT molecular complexity index is 885. The molecular weight excluding hydrogens is 340 g/mol. The third-order valence-electron chi connectivity index (χ3n) is 3.50. The lowest BCUT2D eigenvalue weighted by Gasteiger charge is -2.11. The van der Waals surface area contributed by atoms with Crippen molar-refractivity contribution in [2.45, 2.75) is 13.8 Å². The topological polar surface area (TPSA) is 84.4 Å². The van der Waals surface area contributed by atoms with Gasteiger partial charge in [0.1, 0.15) is 5.01 Å². The molecule has 0 aliphatic heterocycles. The molecule has 130 valence electrons. The predicted octanol–water partition coefficient (Wildman–Crippen LogP) is 4.30. The number of nitrogens with one attached hydrogen (secondary N) is 1. The molecule has 0 saturated carbocycles. The molecule has 0 saturated heterocycles. The molecule has 2 N–H and O–H groups in total. The first-order valence-electron chi connectivity index (χ1n) is 7.90. The summed E-state index contributed by atoms with van der Waals surface area (Å²) in [6, 6.07) is 7.30. The Morgan fingerprint density at radius 2 is 1.96 bits per heavy atom. The molecule has 0 unspecified atom stereocenters. The van der Waals surface area contributed by atoms with E-state index in [4.69, 9.17) is 14.6 Å². The summed E-state index contributed by atoms with van der Waals surface area (Å²) in [5.74, 6) is 0.429. The molecule has 25 heavy (non-hydrogen) atoms. The average molecular weight is 358 g/mol. The van der Waals surface area contributed by atoms with E-state index in [1.165, 1.54) is 17.5 Å². The zero-order valence-corrected chi connectivity index (χ0v) is 14.7. The van der Waals surface area contributed by atoms with Crippen molar-refractivity contribution in [1.82, 2.24) is 9.97 Å². The Labute approximate surface area is 149 Å². The van der Waals surface area contributed by atoms with Crippen LogP contribution < -0.4 is 9.47 Å². The molecule has 0 aliphatic carbocycles. The summed E-state index contributed by atoms with van der Waals surface area (Å²) in [5.41, 5.74) is 2.52. The zero-order valence-electron chi connectivity index (χ0n) is 13.9. The van der Waals surface area contributed by atoms with Crippen LogP contribution in [0.2, 0.25) is 0 Å². The molecule has 6 nitrogen and oxygen atoms in total. The van der Waals surface area contributed by atoms with Crippen molar-refractivity contribution in [2.75, 3.05) is 13.2 Å². The Morgan fingerprint density at radius 3 is 2.64 bits per heavy atom. The molecular formula is C18H18N2O4S. The van der Waals surface area contributed by atoms with Crippen LogP contribution >= 0.6 is 11.3 Å². The summed E-state index contributed by atoms with van der Waals surface area (Å²) in [5, 5.41) is 11.7. The maximum atomic E-state index is 11.0. The normalized spacial score (nSPS) is 10.6. The maximum Gasteiger partial charge on any atom is 0.337 e. The smallest absolute Gasteiger partial charge is 0.337 e. The van der Waals surface area contributed by atoms with Crippen molar-refractivity contribution in [3.63, 3.8) is 0 Å². The summed E-state index contributed by atoms with van der Waals surface area (Å²) < 4.78 is 11.2. The van der Waals surface area contributed by atoms with Gasteiger partial charge in [0.2, 0.25) is 0 Å². The van der Waals surface area contributed by atoms with Crippen LogP contribution in [0.3, 0.4) is 0 Å². The number of hydrogen-bond acceptors (Lipinski definition) is 5. The van der Waals surface area contributed by atoms with Crippen molar-refractivity contribution in [1.29, 1.82) is 0 Å². The molecule has 0 fully saturated rings. The van der Waals surface area contributed by atoms with Crippen LogP contribution in [0.15, 0.2) is 35.8 Å². The summed E-state index contributed by atoms with van der Waals surface area (Å²) in [6.45, 7) is 4.97. The van der Waals surface area contributed by atoms with Crippen molar-refractivity contribution in [2.24, 2.45) is 0 Å². The summed E-state index contributed by atoms with van der Waals surface area (Å²) >= 11 is 1.49. The van der Waals surface area contributed by atoms with Crippen LogP contribution in [0, 0.1) is 0 Å². The number of rotatable bonds is 7. The van der Waals surface area contributed by atoms with Crippen LogP contribution in [0.5, 0.6) is 11.5 Å². The minimum Gasteiger partial charge on any atom is -0.490 e. The minimum absolute atomic E-state index is 0.212. The fourth-order valence-corrected chi connectivity index (χ4v) is 3.20. The number of hydrogen-bond donors (Lipinski definition) is 2. The van der Waals surface area contributed by atoms with Crippen LogP contribution in [-0.4, -0.2) is 34.3 Å². The van der Waals surface area contributed by atoms with Gasteiger partial charge in [-0.1, -0.05) is 0 Å². The number of thiazole rings is 1. The standard InChI is InChI=1S/C18H18N2O4S/c1-3-23-15-6-5-11(8-16(15)24-4-2)17-20-14(10-25-17)13-7-12(9-19-13)18(21)22/h5-10,19H,3-4H2,1-2H3,(H,21,22). The third-order valence-corrected chi connectivity index (χ3v) is 4.39. The molecule has 0 spiro atoms. The average Bonchev–Trinajstić information content (AvgIpc) is 3.26. The van der Waals surface area contributed by atoms with Gasteiger partial charge in [-0.3, -0.25) is 0 Å². The lowest BCUT2D eigenvalue weighted by atomic mass is 10.2. The molecule has 0 bridgehead atoms. The van der Waals surface area contributed by atoms with E-state index in [-0.39, 0.29) is 5.56 Å². The molecule has 7 heteroatoms. The Morgan fingerprint density at radius 1 is 1.20 bits per heavy atom. The van der Waals surface area contributed by atoms with E-state index in [1.807, 2.05) is 37.4 Å². The summed E-state index contributed by atoms with van der Waals surface area (Å²) in [7, 11) is 0. The van der Waals surface area contributed by atoms with Gasteiger partial charge in [0, 0.05) is 17.1 Å². The summed E-state index contributed by atoms with van der Waals surface area (Å²) in [6.07, 6.45) is 1.46. The number of ether oxygens (including phenoxy) is 2. The maximum absolute atomic E-state index is 11.0. The number of benzene rings is 1. The number of aromatic nitrogens is 2. The molecule has 1 aromatic carbocycles. The monoisotopic (exact) mass is 358 g/mol. The van der Waals surface area contributed by atoms with Gasteiger partial charge in [0.15, 0.2) is 11.5 Å². The van der Waals surface area contributed by atoms with Gasteiger partial charge in [-0.05, 0) is 38.1 Å². The van der Waals surface area contributed by atoms with Gasteiger partial charge >= 0.3 is 5.97 Å². The number of H-pyrrole nitrogens is 1. The van der Waals surface area contributed by atoms with E-state index >= 15 is 0 Å². The number of carboxylic acids is 1. The van der Waals surface area contributed by atoms with Crippen molar-refractivity contribution >= 4 is 17.3 Å². The second-order valence-electron chi connectivity index (χ2n) is 5.17. The largest absolute Gasteiger partial charge is 0.490 e. The third kappa shape index (κ3) is 3.66. The Hall–Kier alpha value is -2.80. The first-order valence-corrected chi connectivity index (χ1v) is 8.78. The zero-order chi connectivity index (χ0) is 17.8. The van der Waals surface area contributed by atoms with Crippen LogP contribution in [0.4, 0.5) is 0 Å². The molecule has 0 aliphatic rings. The Balaban J connectivity index is 1.90. The van der Waals surface area contributed by atoms with E-state index in [0.717, 1.165) is 10.6 Å². The van der Waals surface area contributed by atoms with Gasteiger partial charge in [-0.2, -0.15) is 0 Å². The van der Waals surface area contributed by atoms with Crippen LogP contribution in [0.25, 0.3) is 22.0 Å². The van der Waals surface area contributed by atoms with E-state index in [2.05, 4.69) is 9.97 Å². The first kappa shape index (κ1) is 17.0. The molecule has 3 rings (SSSR count). The number of aromatic carboxylic acids is 1. The van der Waals surface area contributed by atoms with Crippen molar-refractivity contribution < 1.29 is 19.4 Å². The van der Waals surface area contributed by atoms with Gasteiger partial charge in [-0.15, -0.1) is 11.3 Å². The highest BCUT2D eigenvalue weighted by atomic mass is 32.1. The van der Waals surface area contributed by atoms with E-state index in [1.54, 1.807) is 6.07 Å². The van der Waals surface area contributed by atoms with Crippen LogP contribution in [-0.2, 0) is 0 Å².